The second-order valence-corrected chi connectivity index (χ2v) is 9.99. The van der Waals surface area contributed by atoms with Crippen LogP contribution in [-0.4, -0.2) is 71.6 Å². The first-order valence-electron chi connectivity index (χ1n) is 12.5. The van der Waals surface area contributed by atoms with Crippen LogP contribution in [0.15, 0.2) is 59.0 Å². The van der Waals surface area contributed by atoms with Crippen LogP contribution in [0.2, 0.25) is 0 Å². The quantitative estimate of drug-likeness (QED) is 0.509. The molecule has 6 rings (SSSR count). The average molecular weight is 474 g/mol. The molecule has 2 saturated heterocycles. The summed E-state index contributed by atoms with van der Waals surface area (Å²) >= 11 is 0. The third-order valence-corrected chi connectivity index (χ3v) is 8.02. The Morgan fingerprint density at radius 1 is 1.00 bits per heavy atom. The first-order valence-corrected chi connectivity index (χ1v) is 12.5. The van der Waals surface area contributed by atoms with Gasteiger partial charge in [0.2, 0.25) is 0 Å². The number of hydrogen-bond acceptors (Lipinski definition) is 5. The van der Waals surface area contributed by atoms with Crippen molar-refractivity contribution in [3.63, 3.8) is 0 Å². The van der Waals surface area contributed by atoms with Crippen LogP contribution in [0.1, 0.15) is 29.7 Å². The van der Waals surface area contributed by atoms with E-state index in [1.807, 2.05) is 30.3 Å². The maximum atomic E-state index is 14.0. The number of imide groups is 1. The molecule has 0 bridgehead atoms. The molecule has 0 N–H and O–H groups in total. The summed E-state index contributed by atoms with van der Waals surface area (Å²) in [6.07, 6.45) is 2.72. The Bertz CT molecular complexity index is 1200. The second kappa shape index (κ2) is 8.81. The van der Waals surface area contributed by atoms with E-state index in [1.165, 1.54) is 11.1 Å². The highest BCUT2D eigenvalue weighted by atomic mass is 16.5. The monoisotopic (exact) mass is 473 g/mol. The van der Waals surface area contributed by atoms with Gasteiger partial charge in [-0.25, -0.2) is 4.79 Å². The lowest BCUT2D eigenvalue weighted by Crippen LogP contribution is -2.57. The molecule has 7 heteroatoms. The van der Waals surface area contributed by atoms with Crippen molar-refractivity contribution in [2.24, 2.45) is 0 Å². The van der Waals surface area contributed by atoms with Crippen LogP contribution in [0, 0.1) is 0 Å². The molecule has 3 heterocycles. The van der Waals surface area contributed by atoms with Gasteiger partial charge < -0.3 is 14.1 Å². The Hall–Kier alpha value is -3.16. The van der Waals surface area contributed by atoms with Crippen LogP contribution >= 0.6 is 0 Å². The molecule has 0 unspecified atom stereocenters. The maximum absolute atomic E-state index is 14.0. The number of ether oxygens (including phenoxy) is 1. The van der Waals surface area contributed by atoms with Gasteiger partial charge in [-0.2, -0.15) is 0 Å². The van der Waals surface area contributed by atoms with E-state index in [4.69, 9.17) is 9.15 Å². The first-order chi connectivity index (χ1) is 17.1. The molecule has 1 aromatic heterocycles. The lowest BCUT2D eigenvalue weighted by Gasteiger charge is -2.42. The van der Waals surface area contributed by atoms with Gasteiger partial charge in [-0.3, -0.25) is 14.6 Å². The molecular weight excluding hydrogens is 442 g/mol. The predicted octanol–water partition coefficient (Wildman–Crippen LogP) is 3.85. The number of hydrogen-bond donors (Lipinski definition) is 0. The zero-order chi connectivity index (χ0) is 24.0. The van der Waals surface area contributed by atoms with Gasteiger partial charge >= 0.3 is 6.03 Å². The summed E-state index contributed by atoms with van der Waals surface area (Å²) in [6.45, 7) is 3.02. The number of rotatable bonds is 6. The zero-order valence-electron chi connectivity index (χ0n) is 20.1. The molecule has 182 valence electrons. The minimum Gasteiger partial charge on any atom is -0.460 e. The van der Waals surface area contributed by atoms with E-state index >= 15 is 0 Å². The Labute approximate surface area is 205 Å². The molecule has 0 atom stereocenters. The highest BCUT2D eigenvalue weighted by Crippen LogP contribution is 2.40. The molecule has 2 aliphatic heterocycles. The normalized spacial score (nSPS) is 20.5. The Morgan fingerprint density at radius 3 is 2.37 bits per heavy atom. The number of benzene rings is 2. The van der Waals surface area contributed by atoms with Crippen LogP contribution in [0.3, 0.4) is 0 Å². The summed E-state index contributed by atoms with van der Waals surface area (Å²) in [5, 5.41) is 1.10. The molecule has 7 nitrogen and oxygen atoms in total. The summed E-state index contributed by atoms with van der Waals surface area (Å²) in [7, 11) is 1.64. The molecule has 1 aliphatic carbocycles. The summed E-state index contributed by atoms with van der Waals surface area (Å²) in [4.78, 5) is 33.3. The standard InChI is InChI=1S/C28H31N3O4/c1-34-15-14-30-27(33)31(23-16-20-6-2-3-7-21(20)17-23)26(32)28(30)10-12-29(13-11-28)19-24-18-22-8-4-5-9-25(22)35-24/h2-9,18,23H,10-17,19H2,1H3. The molecule has 2 aromatic carbocycles. The zero-order valence-corrected chi connectivity index (χ0v) is 20.1. The van der Waals surface area contributed by atoms with Gasteiger partial charge in [-0.05, 0) is 48.9 Å². The van der Waals surface area contributed by atoms with Crippen LogP contribution in [0.5, 0.6) is 0 Å². The van der Waals surface area contributed by atoms with Crippen molar-refractivity contribution in [3.8, 4) is 0 Å². The van der Waals surface area contributed by atoms with E-state index in [-0.39, 0.29) is 18.0 Å². The molecule has 0 saturated carbocycles. The Kier molecular flexibility index (Phi) is 5.61. The number of para-hydroxylation sites is 1. The van der Waals surface area contributed by atoms with Gasteiger partial charge in [-0.15, -0.1) is 0 Å². The van der Waals surface area contributed by atoms with Crippen molar-refractivity contribution in [2.75, 3.05) is 33.4 Å². The molecule has 3 aliphatic rings. The summed E-state index contributed by atoms with van der Waals surface area (Å²) in [5.41, 5.74) is 2.59. The number of amides is 3. The van der Waals surface area contributed by atoms with Gasteiger partial charge in [0, 0.05) is 38.2 Å². The van der Waals surface area contributed by atoms with Crippen LogP contribution < -0.4 is 0 Å². The minimum absolute atomic E-state index is 0.0280. The van der Waals surface area contributed by atoms with E-state index in [9.17, 15) is 9.59 Å². The van der Waals surface area contributed by atoms with Crippen molar-refractivity contribution in [2.45, 2.75) is 43.8 Å². The number of nitrogens with zero attached hydrogens (tertiary/aromatic N) is 3. The van der Waals surface area contributed by atoms with Gasteiger partial charge in [0.05, 0.1) is 13.2 Å². The second-order valence-electron chi connectivity index (χ2n) is 9.99. The number of carbonyl (C=O) groups is 2. The smallest absolute Gasteiger partial charge is 0.328 e. The van der Waals surface area contributed by atoms with E-state index in [1.54, 1.807) is 16.9 Å². The van der Waals surface area contributed by atoms with Crippen molar-refractivity contribution in [1.29, 1.82) is 0 Å². The molecule has 0 radical (unpaired) electrons. The Morgan fingerprint density at radius 2 is 1.69 bits per heavy atom. The number of fused-ring (bicyclic) bond motifs is 2. The van der Waals surface area contributed by atoms with Gasteiger partial charge in [0.25, 0.3) is 5.91 Å². The third-order valence-electron chi connectivity index (χ3n) is 8.02. The summed E-state index contributed by atoms with van der Waals surface area (Å²) in [6, 6.07) is 18.1. The fraction of sp³-hybridized carbons (Fsp3) is 0.429. The highest BCUT2D eigenvalue weighted by molar-refractivity contribution is 6.07. The van der Waals surface area contributed by atoms with E-state index < -0.39 is 5.54 Å². The van der Waals surface area contributed by atoms with Gasteiger partial charge in [0.1, 0.15) is 16.9 Å². The summed E-state index contributed by atoms with van der Waals surface area (Å²) in [5.74, 6) is 0.900. The van der Waals surface area contributed by atoms with Crippen molar-refractivity contribution in [3.05, 3.63) is 71.5 Å². The average Bonchev–Trinajstić information content (AvgIpc) is 3.53. The number of methoxy groups -OCH3 is 1. The molecule has 1 spiro atoms. The van der Waals surface area contributed by atoms with Crippen molar-refractivity contribution in [1.82, 2.24) is 14.7 Å². The fourth-order valence-electron chi connectivity index (χ4n) is 6.17. The predicted molar refractivity (Wildman–Crippen MR) is 132 cm³/mol. The van der Waals surface area contributed by atoms with E-state index in [2.05, 4.69) is 29.2 Å². The van der Waals surface area contributed by atoms with E-state index in [0.29, 0.717) is 32.5 Å². The number of likely N-dealkylation sites (tertiary alicyclic amines) is 1. The van der Waals surface area contributed by atoms with Gasteiger partial charge in [0.15, 0.2) is 0 Å². The van der Waals surface area contributed by atoms with Crippen molar-refractivity contribution >= 4 is 22.9 Å². The van der Waals surface area contributed by atoms with E-state index in [0.717, 1.165) is 42.7 Å². The Balaban J connectivity index is 1.20. The fourth-order valence-corrected chi connectivity index (χ4v) is 6.17. The maximum Gasteiger partial charge on any atom is 0.328 e. The molecule has 3 aromatic rings. The van der Waals surface area contributed by atoms with Crippen LogP contribution in [0.4, 0.5) is 4.79 Å². The van der Waals surface area contributed by atoms with Crippen LogP contribution in [-0.2, 0) is 28.9 Å². The number of furan rings is 1. The topological polar surface area (TPSA) is 66.2 Å². The van der Waals surface area contributed by atoms with Crippen molar-refractivity contribution < 1.29 is 18.7 Å². The minimum atomic E-state index is -0.783. The third kappa shape index (κ3) is 3.74. The van der Waals surface area contributed by atoms with Crippen LogP contribution in [0.25, 0.3) is 11.0 Å². The highest BCUT2D eigenvalue weighted by Gasteiger charge is 2.59. The molecule has 3 amide bonds. The first kappa shape index (κ1) is 22.3. The largest absolute Gasteiger partial charge is 0.460 e. The lowest BCUT2D eigenvalue weighted by atomic mass is 9.85. The molecular formula is C28H31N3O4. The lowest BCUT2D eigenvalue weighted by molar-refractivity contribution is -0.137. The number of piperidine rings is 1. The number of carbonyl (C=O) groups excluding carboxylic acids is 2. The summed E-state index contributed by atoms with van der Waals surface area (Å²) < 4.78 is 11.3. The molecule has 2 fully saturated rings. The molecule has 35 heavy (non-hydrogen) atoms. The SMILES string of the molecule is COCCN1C(=O)N(C2Cc3ccccc3C2)C(=O)C12CCN(Cc1cc3ccccc3o1)CC2. The number of urea groups is 1. The van der Waals surface area contributed by atoms with Gasteiger partial charge in [-0.1, -0.05) is 42.5 Å².